The average Bonchev–Trinajstić information content (AvgIpc) is 2.77. The van der Waals surface area contributed by atoms with Gasteiger partial charge in [0.1, 0.15) is 0 Å². The summed E-state index contributed by atoms with van der Waals surface area (Å²) in [5.74, 6) is 1.03. The topological polar surface area (TPSA) is 24.4 Å². The Labute approximate surface area is 116 Å². The lowest BCUT2D eigenvalue weighted by Crippen LogP contribution is -2.06. The minimum absolute atomic E-state index is 0.407. The van der Waals surface area contributed by atoms with Gasteiger partial charge < -0.3 is 5.32 Å². The molecule has 0 fully saturated rings. The molecule has 5 heteroatoms. The number of halogens is 2. The highest BCUT2D eigenvalue weighted by Crippen LogP contribution is 2.34. The largest absolute Gasteiger partial charge is 0.333 e. The quantitative estimate of drug-likeness (QED) is 0.860. The van der Waals surface area contributed by atoms with E-state index in [2.05, 4.69) is 17.2 Å². The summed E-state index contributed by atoms with van der Waals surface area (Å²) in [5, 5.41) is 5.44. The second-order valence-corrected chi connectivity index (χ2v) is 5.78. The van der Waals surface area contributed by atoms with Crippen LogP contribution in [0.4, 0.5) is 5.69 Å². The van der Waals surface area contributed by atoms with Crippen LogP contribution >= 0.6 is 35.0 Å². The van der Waals surface area contributed by atoms with Crippen LogP contribution in [0.5, 0.6) is 0 Å². The Morgan fingerprint density at radius 3 is 2.88 bits per heavy atom. The van der Waals surface area contributed by atoms with Gasteiger partial charge in [0, 0.05) is 5.75 Å². The molecular formula is C12H14Cl2N2S. The number of nitrogens with one attached hydrogen (secondary N) is 1. The van der Waals surface area contributed by atoms with Gasteiger partial charge in [0.25, 0.3) is 0 Å². The first-order valence-corrected chi connectivity index (χ1v) is 7.28. The second-order valence-electron chi connectivity index (χ2n) is 3.99. The van der Waals surface area contributed by atoms with Crippen LogP contribution in [0.1, 0.15) is 18.9 Å². The zero-order valence-electron chi connectivity index (χ0n) is 9.76. The third-order valence-electron chi connectivity index (χ3n) is 2.70. The van der Waals surface area contributed by atoms with E-state index >= 15 is 0 Å². The third kappa shape index (κ3) is 2.90. The van der Waals surface area contributed by atoms with Crippen molar-refractivity contribution in [3.05, 3.63) is 27.7 Å². The summed E-state index contributed by atoms with van der Waals surface area (Å²) in [5.41, 5.74) is 1.77. The lowest BCUT2D eigenvalue weighted by molar-refractivity contribution is 0.738. The van der Waals surface area contributed by atoms with Gasteiger partial charge in [-0.2, -0.15) is 0 Å². The molecule has 0 aliphatic carbocycles. The standard InChI is InChI=1S/C12H14Cl2N2S/c1-3-8-6-17-12(15-8)16-11-9(13)5-4-7(2)10(11)14/h4-5,8H,3,6H2,1-2H3,(H,15,16). The van der Waals surface area contributed by atoms with E-state index in [-0.39, 0.29) is 0 Å². The molecule has 0 bridgehead atoms. The number of nitrogens with zero attached hydrogens (tertiary/aromatic N) is 1. The Kier molecular flexibility index (Phi) is 4.23. The molecule has 0 spiro atoms. The number of anilines is 1. The second kappa shape index (κ2) is 5.51. The molecule has 1 unspecified atom stereocenters. The van der Waals surface area contributed by atoms with Gasteiger partial charge >= 0.3 is 0 Å². The van der Waals surface area contributed by atoms with Crippen LogP contribution in [0.2, 0.25) is 10.0 Å². The van der Waals surface area contributed by atoms with E-state index in [0.717, 1.165) is 28.6 Å². The molecule has 1 aliphatic rings. The number of aryl methyl sites for hydroxylation is 1. The number of rotatable bonds is 2. The van der Waals surface area contributed by atoms with Crippen molar-refractivity contribution in [3.8, 4) is 0 Å². The molecular weight excluding hydrogens is 275 g/mol. The maximum atomic E-state index is 6.24. The molecule has 1 aromatic carbocycles. The number of aliphatic imine (C=N–C) groups is 1. The monoisotopic (exact) mass is 288 g/mol. The lowest BCUT2D eigenvalue weighted by atomic mass is 10.2. The highest BCUT2D eigenvalue weighted by Gasteiger charge is 2.18. The molecule has 1 atom stereocenters. The van der Waals surface area contributed by atoms with Gasteiger partial charge in [0.2, 0.25) is 0 Å². The van der Waals surface area contributed by atoms with Gasteiger partial charge in [-0.1, -0.05) is 48.0 Å². The zero-order valence-corrected chi connectivity index (χ0v) is 12.1. The molecule has 17 heavy (non-hydrogen) atoms. The minimum atomic E-state index is 0.407. The Morgan fingerprint density at radius 1 is 1.47 bits per heavy atom. The van der Waals surface area contributed by atoms with Crippen LogP contribution in [0, 0.1) is 6.92 Å². The van der Waals surface area contributed by atoms with Crippen LogP contribution < -0.4 is 5.32 Å². The minimum Gasteiger partial charge on any atom is -0.333 e. The van der Waals surface area contributed by atoms with Crippen LogP contribution in [-0.2, 0) is 0 Å². The van der Waals surface area contributed by atoms with Crippen molar-refractivity contribution in [2.45, 2.75) is 26.3 Å². The first-order valence-electron chi connectivity index (χ1n) is 5.54. The fourth-order valence-electron chi connectivity index (χ4n) is 1.57. The molecule has 2 rings (SSSR count). The van der Waals surface area contributed by atoms with Crippen molar-refractivity contribution >= 4 is 45.8 Å². The van der Waals surface area contributed by atoms with Crippen LogP contribution in [-0.4, -0.2) is 17.0 Å². The Balaban J connectivity index is 2.22. The summed E-state index contributed by atoms with van der Waals surface area (Å²) in [7, 11) is 0. The molecule has 1 aliphatic heterocycles. The Hall–Kier alpha value is -0.380. The van der Waals surface area contributed by atoms with Crippen LogP contribution in [0.3, 0.4) is 0 Å². The first-order chi connectivity index (χ1) is 8.11. The predicted octanol–water partition coefficient (Wildman–Crippen LogP) is 4.60. The van der Waals surface area contributed by atoms with E-state index in [1.165, 1.54) is 0 Å². The summed E-state index contributed by atoms with van der Waals surface area (Å²) in [4.78, 5) is 4.56. The van der Waals surface area contributed by atoms with E-state index in [1.54, 1.807) is 11.8 Å². The molecule has 0 radical (unpaired) electrons. The number of amidine groups is 1. The van der Waals surface area contributed by atoms with Gasteiger partial charge in [0.15, 0.2) is 5.17 Å². The maximum absolute atomic E-state index is 6.24. The van der Waals surface area contributed by atoms with Crippen molar-refractivity contribution in [2.24, 2.45) is 4.99 Å². The van der Waals surface area contributed by atoms with E-state index in [0.29, 0.717) is 16.1 Å². The van der Waals surface area contributed by atoms with Crippen LogP contribution in [0.15, 0.2) is 17.1 Å². The SMILES string of the molecule is CCC1CSC(Nc2c(Cl)ccc(C)c2Cl)=N1. The molecule has 0 amide bonds. The summed E-state index contributed by atoms with van der Waals surface area (Å²) >= 11 is 14.1. The van der Waals surface area contributed by atoms with Gasteiger partial charge in [-0.3, -0.25) is 4.99 Å². The normalized spacial score (nSPS) is 19.3. The van der Waals surface area contributed by atoms with Gasteiger partial charge in [0.05, 0.1) is 21.8 Å². The van der Waals surface area contributed by atoms with Crippen molar-refractivity contribution in [1.82, 2.24) is 0 Å². The molecule has 1 heterocycles. The molecule has 0 aromatic heterocycles. The first kappa shape index (κ1) is 13.1. The van der Waals surface area contributed by atoms with Gasteiger partial charge in [-0.15, -0.1) is 0 Å². The summed E-state index contributed by atoms with van der Waals surface area (Å²) < 4.78 is 0. The summed E-state index contributed by atoms with van der Waals surface area (Å²) in [6, 6.07) is 4.17. The highest BCUT2D eigenvalue weighted by molar-refractivity contribution is 8.14. The van der Waals surface area contributed by atoms with Gasteiger partial charge in [-0.05, 0) is 25.0 Å². The van der Waals surface area contributed by atoms with E-state index in [4.69, 9.17) is 23.2 Å². The fourth-order valence-corrected chi connectivity index (χ4v) is 3.09. The van der Waals surface area contributed by atoms with Gasteiger partial charge in [-0.25, -0.2) is 0 Å². The molecule has 2 nitrogen and oxygen atoms in total. The molecule has 1 N–H and O–H groups in total. The smallest absolute Gasteiger partial charge is 0.161 e. The Bertz CT molecular complexity index is 460. The van der Waals surface area contributed by atoms with E-state index in [9.17, 15) is 0 Å². The van der Waals surface area contributed by atoms with Crippen molar-refractivity contribution in [3.63, 3.8) is 0 Å². The van der Waals surface area contributed by atoms with Crippen LogP contribution in [0.25, 0.3) is 0 Å². The predicted molar refractivity (Wildman–Crippen MR) is 78.8 cm³/mol. The fraction of sp³-hybridized carbons (Fsp3) is 0.417. The number of benzene rings is 1. The van der Waals surface area contributed by atoms with Crippen molar-refractivity contribution in [1.29, 1.82) is 0 Å². The Morgan fingerprint density at radius 2 is 2.24 bits per heavy atom. The van der Waals surface area contributed by atoms with E-state index < -0.39 is 0 Å². The maximum Gasteiger partial charge on any atom is 0.161 e. The molecule has 0 saturated heterocycles. The van der Waals surface area contributed by atoms with Crippen molar-refractivity contribution in [2.75, 3.05) is 11.1 Å². The summed E-state index contributed by atoms with van der Waals surface area (Å²) in [6.45, 7) is 4.10. The zero-order chi connectivity index (χ0) is 12.4. The van der Waals surface area contributed by atoms with E-state index in [1.807, 2.05) is 19.1 Å². The lowest BCUT2D eigenvalue weighted by Gasteiger charge is -2.11. The number of hydrogen-bond donors (Lipinski definition) is 1. The third-order valence-corrected chi connectivity index (χ3v) is 4.53. The average molecular weight is 289 g/mol. The summed E-state index contributed by atoms with van der Waals surface area (Å²) in [6.07, 6.45) is 1.06. The highest BCUT2D eigenvalue weighted by atomic mass is 35.5. The molecule has 92 valence electrons. The molecule has 0 saturated carbocycles. The molecule has 1 aromatic rings. The number of thioether (sulfide) groups is 1. The number of hydrogen-bond acceptors (Lipinski definition) is 3. The van der Waals surface area contributed by atoms with Crippen molar-refractivity contribution < 1.29 is 0 Å².